The summed E-state index contributed by atoms with van der Waals surface area (Å²) in [5.41, 5.74) is 6.08. The Morgan fingerprint density at radius 2 is 2.07 bits per heavy atom. The lowest BCUT2D eigenvalue weighted by atomic mass is 10.3. The molecule has 0 aliphatic heterocycles. The van der Waals surface area contributed by atoms with Gasteiger partial charge in [-0.3, -0.25) is 0 Å². The molecule has 0 fully saturated rings. The van der Waals surface area contributed by atoms with Crippen LogP contribution in [0.15, 0.2) is 24.4 Å². The quantitative estimate of drug-likeness (QED) is 0.814. The van der Waals surface area contributed by atoms with Crippen molar-refractivity contribution in [3.8, 4) is 5.69 Å². The van der Waals surface area contributed by atoms with Crippen LogP contribution in [0.25, 0.3) is 5.69 Å². The standard InChI is InChI=1S/C8H6Cl2N4/c9-5-1-2-7(6(10)3-5)14-12-4-8(11)13-14/h1-4H,(H2,11,13). The van der Waals surface area contributed by atoms with Gasteiger partial charge in [0.2, 0.25) is 0 Å². The molecule has 72 valence electrons. The second kappa shape index (κ2) is 3.48. The Balaban J connectivity index is 2.52. The predicted molar refractivity (Wildman–Crippen MR) is 55.8 cm³/mol. The minimum atomic E-state index is 0.344. The summed E-state index contributed by atoms with van der Waals surface area (Å²) in [6.07, 6.45) is 1.45. The smallest absolute Gasteiger partial charge is 0.166 e. The van der Waals surface area contributed by atoms with Gasteiger partial charge in [0.25, 0.3) is 0 Å². The van der Waals surface area contributed by atoms with E-state index in [2.05, 4.69) is 10.2 Å². The van der Waals surface area contributed by atoms with Crippen LogP contribution in [0.3, 0.4) is 0 Å². The SMILES string of the molecule is Nc1cnn(-c2ccc(Cl)cc2Cl)n1. The van der Waals surface area contributed by atoms with E-state index in [9.17, 15) is 0 Å². The van der Waals surface area contributed by atoms with Crippen LogP contribution in [-0.4, -0.2) is 15.0 Å². The van der Waals surface area contributed by atoms with Crippen LogP contribution in [0.1, 0.15) is 0 Å². The van der Waals surface area contributed by atoms with Crippen molar-refractivity contribution in [2.45, 2.75) is 0 Å². The minimum absolute atomic E-state index is 0.344. The van der Waals surface area contributed by atoms with E-state index in [0.29, 0.717) is 21.6 Å². The average molecular weight is 229 g/mol. The summed E-state index contributed by atoms with van der Waals surface area (Å²) in [6.45, 7) is 0. The normalized spacial score (nSPS) is 10.4. The first-order valence-electron chi connectivity index (χ1n) is 3.80. The Morgan fingerprint density at radius 3 is 2.64 bits per heavy atom. The van der Waals surface area contributed by atoms with Crippen molar-refractivity contribution in [1.82, 2.24) is 15.0 Å². The summed E-state index contributed by atoms with van der Waals surface area (Å²) >= 11 is 11.7. The van der Waals surface area contributed by atoms with Crippen LogP contribution >= 0.6 is 23.2 Å². The van der Waals surface area contributed by atoms with Gasteiger partial charge in [-0.2, -0.15) is 5.10 Å². The van der Waals surface area contributed by atoms with Gasteiger partial charge in [-0.05, 0) is 18.2 Å². The van der Waals surface area contributed by atoms with E-state index in [4.69, 9.17) is 28.9 Å². The van der Waals surface area contributed by atoms with Crippen molar-refractivity contribution in [3.63, 3.8) is 0 Å². The Hall–Kier alpha value is -1.26. The van der Waals surface area contributed by atoms with E-state index in [0.717, 1.165) is 0 Å². The maximum absolute atomic E-state index is 5.95. The molecule has 14 heavy (non-hydrogen) atoms. The van der Waals surface area contributed by atoms with E-state index in [1.54, 1.807) is 18.2 Å². The van der Waals surface area contributed by atoms with E-state index in [1.807, 2.05) is 0 Å². The molecule has 0 amide bonds. The number of nitrogens with two attached hydrogens (primary N) is 1. The number of hydrogen-bond donors (Lipinski definition) is 1. The first-order chi connectivity index (χ1) is 6.66. The number of hydrogen-bond acceptors (Lipinski definition) is 3. The van der Waals surface area contributed by atoms with Gasteiger partial charge in [-0.15, -0.1) is 9.90 Å². The minimum Gasteiger partial charge on any atom is -0.381 e. The Kier molecular flexibility index (Phi) is 2.31. The molecular weight excluding hydrogens is 223 g/mol. The highest BCUT2D eigenvalue weighted by Crippen LogP contribution is 2.23. The molecule has 2 aromatic rings. The van der Waals surface area contributed by atoms with Crippen LogP contribution in [0.2, 0.25) is 10.0 Å². The summed E-state index contributed by atoms with van der Waals surface area (Å²) in [5, 5.41) is 8.90. The Bertz CT molecular complexity index is 466. The summed E-state index contributed by atoms with van der Waals surface area (Å²) in [7, 11) is 0. The second-order valence-electron chi connectivity index (χ2n) is 2.65. The summed E-state index contributed by atoms with van der Waals surface area (Å²) < 4.78 is 0. The Labute approximate surface area is 90.2 Å². The van der Waals surface area contributed by atoms with Gasteiger partial charge >= 0.3 is 0 Å². The van der Waals surface area contributed by atoms with Crippen molar-refractivity contribution in [2.75, 3.05) is 5.73 Å². The summed E-state index contributed by atoms with van der Waals surface area (Å²) in [5.74, 6) is 0.344. The lowest BCUT2D eigenvalue weighted by Crippen LogP contribution is -1.99. The van der Waals surface area contributed by atoms with E-state index >= 15 is 0 Å². The molecule has 0 atom stereocenters. The van der Waals surface area contributed by atoms with Gasteiger partial charge in [0, 0.05) is 5.02 Å². The molecule has 0 aliphatic carbocycles. The lowest BCUT2D eigenvalue weighted by Gasteiger charge is -2.01. The molecule has 1 aromatic carbocycles. The van der Waals surface area contributed by atoms with Gasteiger partial charge in [0.15, 0.2) is 5.82 Å². The third-order valence-electron chi connectivity index (χ3n) is 1.63. The number of nitrogen functional groups attached to an aromatic ring is 1. The Morgan fingerprint density at radius 1 is 1.29 bits per heavy atom. The van der Waals surface area contributed by atoms with Crippen LogP contribution < -0.4 is 5.73 Å². The lowest BCUT2D eigenvalue weighted by molar-refractivity contribution is 0.754. The van der Waals surface area contributed by atoms with Crippen molar-refractivity contribution in [3.05, 3.63) is 34.4 Å². The zero-order valence-corrected chi connectivity index (χ0v) is 8.50. The third-order valence-corrected chi connectivity index (χ3v) is 2.17. The van der Waals surface area contributed by atoms with Crippen molar-refractivity contribution < 1.29 is 0 Å². The fourth-order valence-corrected chi connectivity index (χ4v) is 1.52. The molecule has 4 nitrogen and oxygen atoms in total. The number of aromatic nitrogens is 3. The van der Waals surface area contributed by atoms with Gasteiger partial charge < -0.3 is 5.73 Å². The number of nitrogens with zero attached hydrogens (tertiary/aromatic N) is 3. The first-order valence-corrected chi connectivity index (χ1v) is 4.55. The third kappa shape index (κ3) is 1.66. The van der Waals surface area contributed by atoms with Crippen molar-refractivity contribution >= 4 is 29.0 Å². The molecule has 2 rings (SSSR count). The molecule has 0 spiro atoms. The monoisotopic (exact) mass is 228 g/mol. The molecule has 1 aromatic heterocycles. The van der Waals surface area contributed by atoms with Crippen molar-refractivity contribution in [2.24, 2.45) is 0 Å². The number of halogens is 2. The first kappa shape index (κ1) is 9.30. The highest BCUT2D eigenvalue weighted by atomic mass is 35.5. The van der Waals surface area contributed by atoms with Gasteiger partial charge in [-0.1, -0.05) is 23.2 Å². The largest absolute Gasteiger partial charge is 0.381 e. The van der Waals surface area contributed by atoms with E-state index < -0.39 is 0 Å². The zero-order chi connectivity index (χ0) is 10.1. The predicted octanol–water partition coefficient (Wildman–Crippen LogP) is 2.16. The zero-order valence-electron chi connectivity index (χ0n) is 6.98. The molecule has 0 aliphatic rings. The number of rotatable bonds is 1. The summed E-state index contributed by atoms with van der Waals surface area (Å²) in [6, 6.07) is 5.06. The van der Waals surface area contributed by atoms with E-state index in [-0.39, 0.29) is 0 Å². The van der Waals surface area contributed by atoms with Gasteiger partial charge in [0.05, 0.1) is 11.2 Å². The maximum Gasteiger partial charge on any atom is 0.166 e. The second-order valence-corrected chi connectivity index (χ2v) is 3.50. The number of anilines is 1. The molecule has 0 unspecified atom stereocenters. The van der Waals surface area contributed by atoms with Crippen LogP contribution in [0.5, 0.6) is 0 Å². The molecule has 1 heterocycles. The van der Waals surface area contributed by atoms with Gasteiger partial charge in [-0.25, -0.2) is 0 Å². The van der Waals surface area contributed by atoms with Crippen molar-refractivity contribution in [1.29, 1.82) is 0 Å². The van der Waals surface area contributed by atoms with Crippen LogP contribution in [-0.2, 0) is 0 Å². The highest BCUT2D eigenvalue weighted by molar-refractivity contribution is 6.35. The maximum atomic E-state index is 5.95. The molecule has 0 saturated heterocycles. The highest BCUT2D eigenvalue weighted by Gasteiger charge is 2.05. The van der Waals surface area contributed by atoms with E-state index in [1.165, 1.54) is 11.0 Å². The van der Waals surface area contributed by atoms with Crippen LogP contribution in [0.4, 0.5) is 5.82 Å². The average Bonchev–Trinajstić information content (AvgIpc) is 2.51. The molecule has 0 saturated carbocycles. The number of benzene rings is 1. The fourth-order valence-electron chi connectivity index (χ4n) is 1.03. The molecular formula is C8H6Cl2N4. The summed E-state index contributed by atoms with van der Waals surface area (Å²) in [4.78, 5) is 1.36. The fraction of sp³-hybridized carbons (Fsp3) is 0. The topological polar surface area (TPSA) is 56.7 Å². The molecule has 0 bridgehead atoms. The molecule has 2 N–H and O–H groups in total. The van der Waals surface area contributed by atoms with Gasteiger partial charge in [0.1, 0.15) is 5.69 Å². The molecule has 6 heteroatoms. The van der Waals surface area contributed by atoms with Crippen LogP contribution in [0, 0.1) is 0 Å². The molecule has 0 radical (unpaired) electrons.